The highest BCUT2D eigenvalue weighted by Gasteiger charge is 2.19. The number of imidazole rings is 1. The van der Waals surface area contributed by atoms with Gasteiger partial charge in [-0.3, -0.25) is 14.8 Å². The van der Waals surface area contributed by atoms with Crippen molar-refractivity contribution in [2.45, 2.75) is 18.7 Å². The van der Waals surface area contributed by atoms with Crippen molar-refractivity contribution in [3.8, 4) is 5.69 Å². The van der Waals surface area contributed by atoms with Gasteiger partial charge in [0.05, 0.1) is 17.4 Å². The number of hydrogen-bond donors (Lipinski definition) is 2. The molecule has 1 heterocycles. The lowest BCUT2D eigenvalue weighted by molar-refractivity contribution is 0.0938. The molecule has 26 heavy (non-hydrogen) atoms. The minimum absolute atomic E-state index is 0.111. The van der Waals surface area contributed by atoms with Gasteiger partial charge in [-0.15, -0.1) is 4.83 Å². The van der Waals surface area contributed by atoms with Gasteiger partial charge >= 0.3 is 0 Å². The Labute approximate surface area is 151 Å². The zero-order valence-electron chi connectivity index (χ0n) is 14.3. The molecule has 1 aromatic heterocycles. The number of aryl methyl sites for hydroxylation is 2. The van der Waals surface area contributed by atoms with Crippen LogP contribution < -0.4 is 10.3 Å². The van der Waals surface area contributed by atoms with Crippen molar-refractivity contribution in [2.75, 3.05) is 0 Å². The number of nitrogens with one attached hydrogen (secondary N) is 2. The van der Waals surface area contributed by atoms with Crippen LogP contribution in [0.4, 0.5) is 0 Å². The minimum atomic E-state index is -3.88. The molecule has 2 aromatic carbocycles. The van der Waals surface area contributed by atoms with Gasteiger partial charge < -0.3 is 0 Å². The molecule has 3 aromatic rings. The molecule has 0 bridgehead atoms. The van der Waals surface area contributed by atoms with Crippen LogP contribution in [-0.2, 0) is 10.0 Å². The molecule has 7 nitrogen and oxygen atoms in total. The average molecular weight is 370 g/mol. The van der Waals surface area contributed by atoms with Crippen molar-refractivity contribution in [3.05, 3.63) is 77.9 Å². The SMILES string of the molecule is Cc1ccc(S(=O)(=O)NNC(=O)c2cncn2-c2ccccc2)c(C)c1. The fourth-order valence-corrected chi connectivity index (χ4v) is 3.66. The Balaban J connectivity index is 1.79. The van der Waals surface area contributed by atoms with Gasteiger partial charge in [-0.05, 0) is 37.6 Å². The number of nitrogens with zero attached hydrogens (tertiary/aromatic N) is 2. The summed E-state index contributed by atoms with van der Waals surface area (Å²) >= 11 is 0. The van der Waals surface area contributed by atoms with Crippen LogP contribution in [0.15, 0.2) is 66.0 Å². The highest BCUT2D eigenvalue weighted by atomic mass is 32.2. The van der Waals surface area contributed by atoms with E-state index in [0.717, 1.165) is 11.3 Å². The van der Waals surface area contributed by atoms with Crippen molar-refractivity contribution in [3.63, 3.8) is 0 Å². The van der Waals surface area contributed by atoms with Crippen molar-refractivity contribution < 1.29 is 13.2 Å². The number of aromatic nitrogens is 2. The van der Waals surface area contributed by atoms with Crippen LogP contribution in [0.1, 0.15) is 21.6 Å². The van der Waals surface area contributed by atoms with Gasteiger partial charge in [0.2, 0.25) is 0 Å². The van der Waals surface area contributed by atoms with E-state index in [4.69, 9.17) is 0 Å². The summed E-state index contributed by atoms with van der Waals surface area (Å²) in [5.41, 5.74) is 4.74. The van der Waals surface area contributed by atoms with Crippen LogP contribution in [0.3, 0.4) is 0 Å². The molecule has 0 radical (unpaired) electrons. The molecule has 0 aliphatic heterocycles. The molecule has 8 heteroatoms. The van der Waals surface area contributed by atoms with E-state index in [2.05, 4.69) is 15.2 Å². The third kappa shape index (κ3) is 3.66. The van der Waals surface area contributed by atoms with Crippen molar-refractivity contribution in [1.82, 2.24) is 19.8 Å². The molecule has 0 atom stereocenters. The maximum absolute atomic E-state index is 12.4. The molecule has 0 spiro atoms. The summed E-state index contributed by atoms with van der Waals surface area (Å²) in [6.07, 6.45) is 2.86. The lowest BCUT2D eigenvalue weighted by Gasteiger charge is -2.12. The Morgan fingerprint density at radius 2 is 1.81 bits per heavy atom. The van der Waals surface area contributed by atoms with E-state index in [-0.39, 0.29) is 10.6 Å². The summed E-state index contributed by atoms with van der Waals surface area (Å²) in [6, 6.07) is 14.1. The Bertz CT molecular complexity index is 1040. The predicted octanol–water partition coefficient (Wildman–Crippen LogP) is 2.11. The number of para-hydroxylation sites is 1. The predicted molar refractivity (Wildman–Crippen MR) is 97.3 cm³/mol. The van der Waals surface area contributed by atoms with Gasteiger partial charge in [0.25, 0.3) is 15.9 Å². The second-order valence-corrected chi connectivity index (χ2v) is 7.46. The molecule has 0 saturated heterocycles. The molecule has 0 unspecified atom stereocenters. The van der Waals surface area contributed by atoms with Crippen LogP contribution in [0.2, 0.25) is 0 Å². The molecule has 2 N–H and O–H groups in total. The number of hydrazine groups is 1. The van der Waals surface area contributed by atoms with Crippen molar-refractivity contribution in [2.24, 2.45) is 0 Å². The summed E-state index contributed by atoms with van der Waals surface area (Å²) in [5, 5.41) is 0. The molecular weight excluding hydrogens is 352 g/mol. The van der Waals surface area contributed by atoms with E-state index in [0.29, 0.717) is 5.56 Å². The summed E-state index contributed by atoms with van der Waals surface area (Å²) < 4.78 is 26.5. The van der Waals surface area contributed by atoms with Crippen LogP contribution in [0.5, 0.6) is 0 Å². The lowest BCUT2D eigenvalue weighted by Crippen LogP contribution is -2.42. The van der Waals surface area contributed by atoms with Gasteiger partial charge in [0, 0.05) is 5.69 Å². The average Bonchev–Trinajstić information content (AvgIpc) is 3.10. The summed E-state index contributed by atoms with van der Waals surface area (Å²) in [5.74, 6) is -0.611. The normalized spacial score (nSPS) is 11.3. The molecule has 0 fully saturated rings. The number of amides is 1. The molecule has 0 aliphatic rings. The first-order valence-corrected chi connectivity index (χ1v) is 9.34. The smallest absolute Gasteiger partial charge is 0.284 e. The number of sulfonamides is 1. The third-order valence-corrected chi connectivity index (χ3v) is 5.23. The lowest BCUT2D eigenvalue weighted by atomic mass is 10.2. The van der Waals surface area contributed by atoms with Crippen LogP contribution in [0, 0.1) is 13.8 Å². The Hall–Kier alpha value is -2.97. The Morgan fingerprint density at radius 3 is 2.50 bits per heavy atom. The highest BCUT2D eigenvalue weighted by Crippen LogP contribution is 2.16. The first-order valence-electron chi connectivity index (χ1n) is 7.85. The van der Waals surface area contributed by atoms with Crippen LogP contribution >= 0.6 is 0 Å². The van der Waals surface area contributed by atoms with E-state index >= 15 is 0 Å². The monoisotopic (exact) mass is 370 g/mol. The van der Waals surface area contributed by atoms with E-state index in [1.54, 1.807) is 23.6 Å². The van der Waals surface area contributed by atoms with Gasteiger partial charge in [-0.2, -0.15) is 0 Å². The largest absolute Gasteiger partial charge is 0.295 e. The van der Waals surface area contributed by atoms with Crippen molar-refractivity contribution >= 4 is 15.9 Å². The zero-order valence-corrected chi connectivity index (χ0v) is 15.1. The number of carbonyl (C=O) groups is 1. The zero-order chi connectivity index (χ0) is 18.7. The van der Waals surface area contributed by atoms with Crippen LogP contribution in [-0.4, -0.2) is 23.9 Å². The fourth-order valence-electron chi connectivity index (χ4n) is 2.59. The second-order valence-electron chi connectivity index (χ2n) is 5.81. The summed E-state index contributed by atoms with van der Waals surface area (Å²) in [7, 11) is -3.88. The van der Waals surface area contributed by atoms with Crippen molar-refractivity contribution in [1.29, 1.82) is 0 Å². The number of hydrogen-bond acceptors (Lipinski definition) is 4. The highest BCUT2D eigenvalue weighted by molar-refractivity contribution is 7.89. The summed E-state index contributed by atoms with van der Waals surface area (Å²) in [6.45, 7) is 3.58. The van der Waals surface area contributed by atoms with Gasteiger partial charge in [-0.1, -0.05) is 35.9 Å². The maximum atomic E-state index is 12.4. The molecule has 3 rings (SSSR count). The quantitative estimate of drug-likeness (QED) is 0.673. The standard InChI is InChI=1S/C18H18N4O3S/c1-13-8-9-17(14(2)10-13)26(24,25)21-20-18(23)16-11-19-12-22(16)15-6-4-3-5-7-15/h3-12,21H,1-2H3,(H,20,23). The molecule has 0 saturated carbocycles. The van der Waals surface area contributed by atoms with Gasteiger partial charge in [0.1, 0.15) is 5.69 Å². The van der Waals surface area contributed by atoms with E-state index in [1.165, 1.54) is 18.6 Å². The third-order valence-electron chi connectivity index (χ3n) is 3.82. The molecular formula is C18H18N4O3S. The molecule has 134 valence electrons. The second kappa shape index (κ2) is 7.11. The van der Waals surface area contributed by atoms with E-state index < -0.39 is 15.9 Å². The maximum Gasteiger partial charge on any atom is 0.284 e. The number of carbonyl (C=O) groups excluding carboxylic acids is 1. The first kappa shape index (κ1) is 17.8. The summed E-state index contributed by atoms with van der Waals surface area (Å²) in [4.78, 5) is 18.6. The molecule has 1 amide bonds. The number of rotatable bonds is 5. The Kier molecular flexibility index (Phi) is 4.88. The topological polar surface area (TPSA) is 93.1 Å². The van der Waals surface area contributed by atoms with E-state index in [9.17, 15) is 13.2 Å². The van der Waals surface area contributed by atoms with Crippen LogP contribution in [0.25, 0.3) is 5.69 Å². The van der Waals surface area contributed by atoms with Gasteiger partial charge in [-0.25, -0.2) is 13.4 Å². The fraction of sp³-hybridized carbons (Fsp3) is 0.111. The Morgan fingerprint density at radius 1 is 1.08 bits per heavy atom. The van der Waals surface area contributed by atoms with E-state index in [1.807, 2.05) is 37.3 Å². The van der Waals surface area contributed by atoms with Gasteiger partial charge in [0.15, 0.2) is 0 Å². The number of benzene rings is 2. The molecule has 0 aliphatic carbocycles. The first-order chi connectivity index (χ1) is 12.4. The minimum Gasteiger partial charge on any atom is -0.295 e.